The van der Waals surface area contributed by atoms with Crippen LogP contribution in [0.2, 0.25) is 0 Å². The van der Waals surface area contributed by atoms with Crippen molar-refractivity contribution in [1.29, 1.82) is 0 Å². The second-order valence-corrected chi connectivity index (χ2v) is 5.80. The van der Waals surface area contributed by atoms with Gasteiger partial charge in [-0.1, -0.05) is 32.0 Å². The molecule has 2 aromatic rings. The number of anilines is 2. The Morgan fingerprint density at radius 3 is 2.88 bits per heavy atom. The van der Waals surface area contributed by atoms with Crippen LogP contribution in [0, 0.1) is 0 Å². The van der Waals surface area contributed by atoms with Crippen molar-refractivity contribution >= 4 is 22.0 Å². The predicted molar refractivity (Wildman–Crippen MR) is 73.3 cm³/mol. The molecular formula is C14H16N2S. The van der Waals surface area contributed by atoms with Crippen LogP contribution in [0.15, 0.2) is 24.3 Å². The standard InChI is InChI=1S/C14H16N2S/c1-9(2)13-16-12-8-7-10-5-3-4-6-11(10)15-14(12)17-13/h3-6,9,15H,7-8H2,1-2H3. The average molecular weight is 244 g/mol. The van der Waals surface area contributed by atoms with Crippen LogP contribution in [-0.4, -0.2) is 4.98 Å². The second-order valence-electron chi connectivity index (χ2n) is 4.76. The molecule has 3 rings (SSSR count). The van der Waals surface area contributed by atoms with Crippen LogP contribution in [0.4, 0.5) is 10.7 Å². The zero-order valence-corrected chi connectivity index (χ0v) is 11.0. The van der Waals surface area contributed by atoms with Crippen LogP contribution in [0.3, 0.4) is 0 Å². The maximum Gasteiger partial charge on any atom is 0.116 e. The molecule has 0 spiro atoms. The molecule has 1 aliphatic rings. The molecule has 0 saturated carbocycles. The molecule has 17 heavy (non-hydrogen) atoms. The highest BCUT2D eigenvalue weighted by Gasteiger charge is 2.17. The molecule has 0 bridgehead atoms. The molecule has 0 fully saturated rings. The van der Waals surface area contributed by atoms with Gasteiger partial charge in [-0.25, -0.2) is 4.98 Å². The smallest absolute Gasteiger partial charge is 0.116 e. The first-order chi connectivity index (χ1) is 8.24. The Kier molecular flexibility index (Phi) is 2.63. The molecule has 0 amide bonds. The lowest BCUT2D eigenvalue weighted by atomic mass is 10.1. The zero-order chi connectivity index (χ0) is 11.8. The Morgan fingerprint density at radius 2 is 2.06 bits per heavy atom. The molecule has 0 atom stereocenters. The lowest BCUT2D eigenvalue weighted by Crippen LogP contribution is -1.92. The Morgan fingerprint density at radius 1 is 1.24 bits per heavy atom. The minimum atomic E-state index is 0.518. The largest absolute Gasteiger partial charge is 0.345 e. The summed E-state index contributed by atoms with van der Waals surface area (Å²) in [4.78, 5) is 4.75. The van der Waals surface area contributed by atoms with Crippen LogP contribution in [0.25, 0.3) is 0 Å². The number of nitrogens with one attached hydrogen (secondary N) is 1. The SMILES string of the molecule is CC(C)c1nc2c(s1)Nc1ccccc1CC2. The van der Waals surface area contributed by atoms with Crippen LogP contribution in [-0.2, 0) is 12.8 Å². The average Bonchev–Trinajstić information content (AvgIpc) is 2.64. The van der Waals surface area contributed by atoms with Gasteiger partial charge in [-0.3, -0.25) is 0 Å². The number of benzene rings is 1. The highest BCUT2D eigenvalue weighted by Crippen LogP contribution is 2.36. The minimum Gasteiger partial charge on any atom is -0.345 e. The van der Waals surface area contributed by atoms with Crippen molar-refractivity contribution in [1.82, 2.24) is 4.98 Å². The molecule has 1 N–H and O–H groups in total. The predicted octanol–water partition coefficient (Wildman–Crippen LogP) is 4.11. The van der Waals surface area contributed by atoms with E-state index >= 15 is 0 Å². The molecule has 0 unspecified atom stereocenters. The van der Waals surface area contributed by atoms with Crippen molar-refractivity contribution in [2.24, 2.45) is 0 Å². The first-order valence-corrected chi connectivity index (χ1v) is 6.90. The van der Waals surface area contributed by atoms with Gasteiger partial charge in [0.1, 0.15) is 5.00 Å². The number of thiazole rings is 1. The number of fused-ring (bicyclic) bond motifs is 2. The third-order valence-electron chi connectivity index (χ3n) is 3.10. The van der Waals surface area contributed by atoms with Gasteiger partial charge in [-0.2, -0.15) is 0 Å². The normalized spacial score (nSPS) is 13.8. The number of rotatable bonds is 1. The summed E-state index contributed by atoms with van der Waals surface area (Å²) in [6, 6.07) is 8.54. The summed E-state index contributed by atoms with van der Waals surface area (Å²) < 4.78 is 0. The summed E-state index contributed by atoms with van der Waals surface area (Å²) in [6.07, 6.45) is 2.13. The Bertz CT molecular complexity index is 543. The molecule has 0 radical (unpaired) electrons. The number of aryl methyl sites for hydroxylation is 2. The second kappa shape index (κ2) is 4.15. The van der Waals surface area contributed by atoms with Gasteiger partial charge in [0.2, 0.25) is 0 Å². The molecule has 0 saturated heterocycles. The van der Waals surface area contributed by atoms with E-state index in [4.69, 9.17) is 4.98 Å². The fourth-order valence-corrected chi connectivity index (χ4v) is 3.15. The van der Waals surface area contributed by atoms with Crippen LogP contribution >= 0.6 is 11.3 Å². The Balaban J connectivity index is 2.01. The molecule has 0 aliphatic carbocycles. The van der Waals surface area contributed by atoms with Gasteiger partial charge in [0.05, 0.1) is 10.7 Å². The number of nitrogens with zero attached hydrogens (tertiary/aromatic N) is 1. The van der Waals surface area contributed by atoms with E-state index in [0.29, 0.717) is 5.92 Å². The van der Waals surface area contributed by atoms with Crippen molar-refractivity contribution in [3.8, 4) is 0 Å². The molecule has 3 heteroatoms. The fraction of sp³-hybridized carbons (Fsp3) is 0.357. The molecule has 88 valence electrons. The summed E-state index contributed by atoms with van der Waals surface area (Å²) in [5, 5.41) is 6.01. The van der Waals surface area contributed by atoms with Gasteiger partial charge in [0, 0.05) is 11.6 Å². The maximum absolute atomic E-state index is 4.75. The summed E-state index contributed by atoms with van der Waals surface area (Å²) in [5.41, 5.74) is 3.86. The molecule has 1 aliphatic heterocycles. The third-order valence-corrected chi connectivity index (χ3v) is 4.42. The topological polar surface area (TPSA) is 24.9 Å². The lowest BCUT2D eigenvalue weighted by molar-refractivity contribution is 0.831. The molecule has 2 nitrogen and oxygen atoms in total. The van der Waals surface area contributed by atoms with E-state index in [1.165, 1.54) is 27.0 Å². The summed E-state index contributed by atoms with van der Waals surface area (Å²) in [7, 11) is 0. The van der Waals surface area contributed by atoms with E-state index in [-0.39, 0.29) is 0 Å². The highest BCUT2D eigenvalue weighted by molar-refractivity contribution is 7.16. The number of hydrogen-bond donors (Lipinski definition) is 1. The lowest BCUT2D eigenvalue weighted by Gasteiger charge is -2.06. The van der Waals surface area contributed by atoms with E-state index in [2.05, 4.69) is 43.4 Å². The Labute approximate surface area is 106 Å². The highest BCUT2D eigenvalue weighted by atomic mass is 32.1. The van der Waals surface area contributed by atoms with Gasteiger partial charge in [-0.15, -0.1) is 11.3 Å². The van der Waals surface area contributed by atoms with Gasteiger partial charge in [0.25, 0.3) is 0 Å². The maximum atomic E-state index is 4.75. The Hall–Kier alpha value is -1.35. The van der Waals surface area contributed by atoms with Crippen molar-refractivity contribution < 1.29 is 0 Å². The monoisotopic (exact) mass is 244 g/mol. The zero-order valence-electron chi connectivity index (χ0n) is 10.2. The van der Waals surface area contributed by atoms with Gasteiger partial charge in [0.15, 0.2) is 0 Å². The van der Waals surface area contributed by atoms with Gasteiger partial charge >= 0.3 is 0 Å². The summed E-state index contributed by atoms with van der Waals surface area (Å²) in [5.74, 6) is 0.518. The van der Waals surface area contributed by atoms with Crippen molar-refractivity contribution in [3.05, 3.63) is 40.5 Å². The van der Waals surface area contributed by atoms with Gasteiger partial charge < -0.3 is 5.32 Å². The minimum absolute atomic E-state index is 0.518. The van der Waals surface area contributed by atoms with E-state index in [9.17, 15) is 0 Å². The molecule has 2 heterocycles. The van der Waals surface area contributed by atoms with E-state index < -0.39 is 0 Å². The number of para-hydroxylation sites is 1. The summed E-state index contributed by atoms with van der Waals surface area (Å²) >= 11 is 1.80. The van der Waals surface area contributed by atoms with Gasteiger partial charge in [-0.05, 0) is 24.5 Å². The van der Waals surface area contributed by atoms with Crippen molar-refractivity contribution in [2.75, 3.05) is 5.32 Å². The molecular weight excluding hydrogens is 228 g/mol. The van der Waals surface area contributed by atoms with E-state index in [1.807, 2.05) is 0 Å². The molecule has 1 aromatic carbocycles. The summed E-state index contributed by atoms with van der Waals surface area (Å²) in [6.45, 7) is 4.40. The van der Waals surface area contributed by atoms with E-state index in [1.54, 1.807) is 11.3 Å². The number of aromatic nitrogens is 1. The first-order valence-electron chi connectivity index (χ1n) is 6.08. The van der Waals surface area contributed by atoms with Crippen molar-refractivity contribution in [2.45, 2.75) is 32.6 Å². The van der Waals surface area contributed by atoms with Crippen LogP contribution in [0.1, 0.15) is 36.0 Å². The van der Waals surface area contributed by atoms with E-state index in [0.717, 1.165) is 12.8 Å². The van der Waals surface area contributed by atoms with Crippen LogP contribution in [0.5, 0.6) is 0 Å². The number of hydrogen-bond acceptors (Lipinski definition) is 3. The quantitative estimate of drug-likeness (QED) is 0.816. The van der Waals surface area contributed by atoms with Crippen LogP contribution < -0.4 is 5.32 Å². The third kappa shape index (κ3) is 1.95. The molecule has 1 aromatic heterocycles. The fourth-order valence-electron chi connectivity index (χ4n) is 2.12. The van der Waals surface area contributed by atoms with Crippen molar-refractivity contribution in [3.63, 3.8) is 0 Å². The first kappa shape index (κ1) is 10.8.